The lowest BCUT2D eigenvalue weighted by molar-refractivity contribution is 0.157. The maximum atomic E-state index is 9.76. The number of phenols is 1. The van der Waals surface area contributed by atoms with Crippen LogP contribution < -0.4 is 5.32 Å². The van der Waals surface area contributed by atoms with E-state index in [9.17, 15) is 5.11 Å². The van der Waals surface area contributed by atoms with Crippen molar-refractivity contribution in [2.75, 3.05) is 20.3 Å². The SMILES string of the molecule is COCC(C)CNC1CCc2c(O)cccc21. The highest BCUT2D eigenvalue weighted by Crippen LogP contribution is 2.36. The second-order valence-corrected chi connectivity index (χ2v) is 4.90. The van der Waals surface area contributed by atoms with Gasteiger partial charge in [0.2, 0.25) is 0 Å². The summed E-state index contributed by atoms with van der Waals surface area (Å²) in [4.78, 5) is 0. The Balaban J connectivity index is 1.96. The van der Waals surface area contributed by atoms with Gasteiger partial charge in [-0.2, -0.15) is 0 Å². The summed E-state index contributed by atoms with van der Waals surface area (Å²) in [5, 5.41) is 13.3. The van der Waals surface area contributed by atoms with Gasteiger partial charge in [0, 0.05) is 26.3 Å². The van der Waals surface area contributed by atoms with Crippen molar-refractivity contribution in [3.8, 4) is 5.75 Å². The fraction of sp³-hybridized carbons (Fsp3) is 0.571. The molecule has 1 aromatic rings. The molecule has 1 aromatic carbocycles. The fourth-order valence-electron chi connectivity index (χ4n) is 2.53. The third kappa shape index (κ3) is 2.79. The van der Waals surface area contributed by atoms with Crippen LogP contribution in [0.15, 0.2) is 18.2 Å². The van der Waals surface area contributed by atoms with E-state index in [2.05, 4.69) is 18.3 Å². The first-order chi connectivity index (χ1) is 8.22. The van der Waals surface area contributed by atoms with Gasteiger partial charge in [-0.15, -0.1) is 0 Å². The second kappa shape index (κ2) is 5.52. The molecular formula is C14H21NO2. The molecule has 0 fully saturated rings. The number of phenolic OH excluding ortho intramolecular Hbond substituents is 1. The summed E-state index contributed by atoms with van der Waals surface area (Å²) < 4.78 is 5.13. The lowest BCUT2D eigenvalue weighted by Gasteiger charge is -2.17. The summed E-state index contributed by atoms with van der Waals surface area (Å²) in [5.41, 5.74) is 2.37. The predicted molar refractivity (Wildman–Crippen MR) is 68.2 cm³/mol. The molecular weight excluding hydrogens is 214 g/mol. The number of aromatic hydroxyl groups is 1. The van der Waals surface area contributed by atoms with Crippen molar-refractivity contribution in [1.29, 1.82) is 0 Å². The third-order valence-electron chi connectivity index (χ3n) is 3.41. The summed E-state index contributed by atoms with van der Waals surface area (Å²) in [6, 6.07) is 6.19. The first-order valence-corrected chi connectivity index (χ1v) is 6.25. The smallest absolute Gasteiger partial charge is 0.119 e. The lowest BCUT2D eigenvalue weighted by Crippen LogP contribution is -2.26. The van der Waals surface area contributed by atoms with Crippen LogP contribution >= 0.6 is 0 Å². The van der Waals surface area contributed by atoms with Crippen molar-refractivity contribution in [2.24, 2.45) is 5.92 Å². The van der Waals surface area contributed by atoms with Crippen LogP contribution in [0.3, 0.4) is 0 Å². The van der Waals surface area contributed by atoms with Crippen molar-refractivity contribution < 1.29 is 9.84 Å². The van der Waals surface area contributed by atoms with Gasteiger partial charge in [0.25, 0.3) is 0 Å². The van der Waals surface area contributed by atoms with E-state index in [1.807, 2.05) is 6.07 Å². The van der Waals surface area contributed by atoms with Gasteiger partial charge in [0.05, 0.1) is 0 Å². The van der Waals surface area contributed by atoms with E-state index in [0.29, 0.717) is 17.7 Å². The molecule has 3 nitrogen and oxygen atoms in total. The molecule has 0 amide bonds. The predicted octanol–water partition coefficient (Wildman–Crippen LogP) is 2.25. The van der Waals surface area contributed by atoms with Gasteiger partial charge < -0.3 is 15.2 Å². The van der Waals surface area contributed by atoms with Crippen LogP contribution in [0.4, 0.5) is 0 Å². The van der Waals surface area contributed by atoms with E-state index in [1.54, 1.807) is 13.2 Å². The zero-order valence-corrected chi connectivity index (χ0v) is 10.6. The second-order valence-electron chi connectivity index (χ2n) is 4.90. The Hall–Kier alpha value is -1.06. The van der Waals surface area contributed by atoms with Crippen LogP contribution in [0.25, 0.3) is 0 Å². The highest BCUT2D eigenvalue weighted by molar-refractivity contribution is 5.44. The average Bonchev–Trinajstić information content (AvgIpc) is 2.72. The Kier molecular flexibility index (Phi) is 4.02. The summed E-state index contributed by atoms with van der Waals surface area (Å²) in [6.07, 6.45) is 2.05. The fourth-order valence-corrected chi connectivity index (χ4v) is 2.53. The minimum absolute atomic E-state index is 0.386. The number of rotatable bonds is 5. The standard InChI is InChI=1S/C14H21NO2/c1-10(9-17-2)8-15-13-7-6-12-11(13)4-3-5-14(12)16/h3-5,10,13,15-16H,6-9H2,1-2H3. The largest absolute Gasteiger partial charge is 0.508 e. The molecule has 0 aliphatic heterocycles. The number of methoxy groups -OCH3 is 1. The Bertz CT molecular complexity index is 378. The molecule has 0 bridgehead atoms. The Morgan fingerprint density at radius 3 is 3.12 bits per heavy atom. The lowest BCUT2D eigenvalue weighted by atomic mass is 10.1. The summed E-state index contributed by atoms with van der Waals surface area (Å²) in [6.45, 7) is 3.91. The molecule has 0 radical (unpaired) electrons. The van der Waals surface area contributed by atoms with Gasteiger partial charge in [-0.1, -0.05) is 19.1 Å². The Morgan fingerprint density at radius 2 is 2.35 bits per heavy atom. The molecule has 0 spiro atoms. The van der Waals surface area contributed by atoms with Gasteiger partial charge in [-0.3, -0.25) is 0 Å². The maximum Gasteiger partial charge on any atom is 0.119 e. The molecule has 0 aromatic heterocycles. The number of hydrogen-bond acceptors (Lipinski definition) is 3. The highest BCUT2D eigenvalue weighted by atomic mass is 16.5. The van der Waals surface area contributed by atoms with Crippen molar-refractivity contribution in [3.05, 3.63) is 29.3 Å². The van der Waals surface area contributed by atoms with Crippen molar-refractivity contribution in [2.45, 2.75) is 25.8 Å². The zero-order chi connectivity index (χ0) is 12.3. The highest BCUT2D eigenvalue weighted by Gasteiger charge is 2.24. The molecule has 1 aliphatic rings. The van der Waals surface area contributed by atoms with Crippen LogP contribution in [-0.4, -0.2) is 25.4 Å². The van der Waals surface area contributed by atoms with Gasteiger partial charge in [0.15, 0.2) is 0 Å². The van der Waals surface area contributed by atoms with Crippen molar-refractivity contribution in [3.63, 3.8) is 0 Å². The van der Waals surface area contributed by atoms with Crippen LogP contribution in [0.5, 0.6) is 5.75 Å². The van der Waals surface area contributed by atoms with E-state index < -0.39 is 0 Å². The van der Waals surface area contributed by atoms with Crippen LogP contribution in [0.2, 0.25) is 0 Å². The van der Waals surface area contributed by atoms with E-state index >= 15 is 0 Å². The van der Waals surface area contributed by atoms with E-state index in [0.717, 1.165) is 31.6 Å². The minimum atomic E-state index is 0.386. The number of fused-ring (bicyclic) bond motifs is 1. The molecule has 0 saturated carbocycles. The van der Waals surface area contributed by atoms with E-state index in [-0.39, 0.29) is 0 Å². The molecule has 2 rings (SSSR count). The normalized spacial score (nSPS) is 20.2. The Labute approximate surface area is 103 Å². The van der Waals surface area contributed by atoms with Gasteiger partial charge in [-0.05, 0) is 36.0 Å². The monoisotopic (exact) mass is 235 g/mol. The zero-order valence-electron chi connectivity index (χ0n) is 10.6. The summed E-state index contributed by atoms with van der Waals surface area (Å²) in [7, 11) is 1.74. The number of nitrogens with one attached hydrogen (secondary N) is 1. The van der Waals surface area contributed by atoms with E-state index in [4.69, 9.17) is 4.74 Å². The first-order valence-electron chi connectivity index (χ1n) is 6.25. The Morgan fingerprint density at radius 1 is 1.53 bits per heavy atom. The first kappa shape index (κ1) is 12.4. The number of hydrogen-bond donors (Lipinski definition) is 2. The quantitative estimate of drug-likeness (QED) is 0.822. The molecule has 2 N–H and O–H groups in total. The molecule has 2 unspecified atom stereocenters. The molecule has 17 heavy (non-hydrogen) atoms. The maximum absolute atomic E-state index is 9.76. The molecule has 0 heterocycles. The van der Waals surface area contributed by atoms with Crippen LogP contribution in [0.1, 0.15) is 30.5 Å². The van der Waals surface area contributed by atoms with Gasteiger partial charge >= 0.3 is 0 Å². The van der Waals surface area contributed by atoms with Crippen molar-refractivity contribution >= 4 is 0 Å². The van der Waals surface area contributed by atoms with Crippen molar-refractivity contribution in [1.82, 2.24) is 5.32 Å². The molecule has 2 atom stereocenters. The van der Waals surface area contributed by atoms with Crippen LogP contribution in [0, 0.1) is 5.92 Å². The molecule has 0 saturated heterocycles. The molecule has 94 valence electrons. The third-order valence-corrected chi connectivity index (χ3v) is 3.41. The minimum Gasteiger partial charge on any atom is -0.508 e. The molecule has 1 aliphatic carbocycles. The average molecular weight is 235 g/mol. The topological polar surface area (TPSA) is 41.5 Å². The van der Waals surface area contributed by atoms with Crippen LogP contribution in [-0.2, 0) is 11.2 Å². The summed E-state index contributed by atoms with van der Waals surface area (Å²) in [5.74, 6) is 0.957. The number of benzene rings is 1. The molecule has 3 heteroatoms. The number of ether oxygens (including phenoxy) is 1. The summed E-state index contributed by atoms with van der Waals surface area (Å²) >= 11 is 0. The van der Waals surface area contributed by atoms with E-state index in [1.165, 1.54) is 5.56 Å². The van der Waals surface area contributed by atoms with Gasteiger partial charge in [-0.25, -0.2) is 0 Å². The van der Waals surface area contributed by atoms with Gasteiger partial charge in [0.1, 0.15) is 5.75 Å².